The average molecular weight is 539 g/mol. The van der Waals surface area contributed by atoms with Crippen LogP contribution in [-0.4, -0.2) is 63.2 Å². The molecule has 4 atom stereocenters. The number of carbonyl (C=O) groups is 3. The number of amides is 1. The molecule has 10 nitrogen and oxygen atoms in total. The van der Waals surface area contributed by atoms with E-state index in [0.29, 0.717) is 10.6 Å². The summed E-state index contributed by atoms with van der Waals surface area (Å²) in [5, 5.41) is 21.3. The third-order valence-electron chi connectivity index (χ3n) is 6.72. The zero-order chi connectivity index (χ0) is 25.8. The third kappa shape index (κ3) is 5.46. The Morgan fingerprint density at radius 2 is 2.06 bits per heavy atom. The molecule has 1 aromatic heterocycles. The molecule has 1 saturated heterocycles. The standard InChI is InChI=1S/C24H30N2O8S2/c1-13-19-18(14(2)28)22(29)26(19)20(21(13)35-9-8-17-16(10-27)25-11-36-17)23(30)32-12-33-24(31)34-15-6-4-3-5-7-15/h8-9,11,13-15,18-19,27-28H,3-7,10,12H2,1-2H3/b9-8-/t13-,14-,18-,19-/m1/s1. The number of fused-ring (bicyclic) bond motifs is 1. The molecule has 0 spiro atoms. The van der Waals surface area contributed by atoms with Gasteiger partial charge in [0, 0.05) is 10.8 Å². The predicted octanol–water partition coefficient (Wildman–Crippen LogP) is 3.40. The van der Waals surface area contributed by atoms with Crippen LogP contribution in [0.3, 0.4) is 0 Å². The lowest BCUT2D eigenvalue weighted by Crippen LogP contribution is -2.63. The van der Waals surface area contributed by atoms with Crippen molar-refractivity contribution in [2.45, 2.75) is 70.8 Å². The van der Waals surface area contributed by atoms with Gasteiger partial charge in [-0.05, 0) is 44.1 Å². The maximum Gasteiger partial charge on any atom is 0.511 e. The minimum atomic E-state index is -0.891. The Hall–Kier alpha value is -2.41. The molecule has 2 aliphatic heterocycles. The number of hydrogen-bond donors (Lipinski definition) is 2. The fourth-order valence-electron chi connectivity index (χ4n) is 4.92. The van der Waals surface area contributed by atoms with Gasteiger partial charge >= 0.3 is 12.1 Å². The molecule has 0 bridgehead atoms. The van der Waals surface area contributed by atoms with Crippen LogP contribution in [-0.2, 0) is 30.4 Å². The quantitative estimate of drug-likeness (QED) is 0.274. The van der Waals surface area contributed by atoms with Gasteiger partial charge in [0.05, 0.1) is 40.8 Å². The Kier molecular flexibility index (Phi) is 8.70. The number of aliphatic hydroxyl groups excluding tert-OH is 2. The zero-order valence-electron chi connectivity index (χ0n) is 20.1. The Morgan fingerprint density at radius 1 is 1.31 bits per heavy atom. The smallest absolute Gasteiger partial charge is 0.431 e. The molecule has 3 heterocycles. The molecule has 0 radical (unpaired) electrons. The summed E-state index contributed by atoms with van der Waals surface area (Å²) in [6.45, 7) is 2.62. The molecule has 0 aromatic carbocycles. The number of aromatic nitrogens is 1. The number of hydrogen-bond acceptors (Lipinski definition) is 11. The van der Waals surface area contributed by atoms with Crippen LogP contribution in [0.4, 0.5) is 4.79 Å². The summed E-state index contributed by atoms with van der Waals surface area (Å²) in [5.74, 6) is -1.99. The van der Waals surface area contributed by atoms with Gasteiger partial charge in [0.25, 0.3) is 0 Å². The summed E-state index contributed by atoms with van der Waals surface area (Å²) in [4.78, 5) is 44.6. The number of esters is 1. The van der Waals surface area contributed by atoms with Gasteiger partial charge in [-0.3, -0.25) is 4.79 Å². The molecule has 4 rings (SSSR count). The van der Waals surface area contributed by atoms with Crippen LogP contribution in [0, 0.1) is 11.8 Å². The van der Waals surface area contributed by atoms with E-state index >= 15 is 0 Å². The fourth-order valence-corrected chi connectivity index (χ4v) is 6.70. The average Bonchev–Trinajstić information content (AvgIpc) is 3.40. The van der Waals surface area contributed by atoms with E-state index in [0.717, 1.165) is 37.0 Å². The molecule has 1 aromatic rings. The summed E-state index contributed by atoms with van der Waals surface area (Å²) in [7, 11) is 0. The molecule has 1 saturated carbocycles. The van der Waals surface area contributed by atoms with E-state index in [-0.39, 0.29) is 36.3 Å². The van der Waals surface area contributed by atoms with E-state index in [2.05, 4.69) is 4.98 Å². The first-order chi connectivity index (χ1) is 17.3. The minimum absolute atomic E-state index is 0.0833. The largest absolute Gasteiger partial charge is 0.511 e. The van der Waals surface area contributed by atoms with E-state index in [4.69, 9.17) is 14.2 Å². The second-order valence-corrected chi connectivity index (χ2v) is 10.9. The Bertz CT molecular complexity index is 1050. The SMILES string of the molecule is C[C@@H](O)[C@H]1C(=O)N2C(C(=O)OCOC(=O)OC3CCCCC3)=C(S/C=C\c3scnc3CO)[C@H](C)[C@H]12. The maximum atomic E-state index is 13.0. The summed E-state index contributed by atoms with van der Waals surface area (Å²) >= 11 is 2.63. The monoisotopic (exact) mass is 538 g/mol. The number of aliphatic hydroxyl groups is 2. The van der Waals surface area contributed by atoms with E-state index in [1.54, 1.807) is 23.9 Å². The second kappa shape index (κ2) is 11.8. The van der Waals surface area contributed by atoms with Crippen LogP contribution in [0.15, 0.2) is 21.5 Å². The normalized spacial score (nSPS) is 25.1. The van der Waals surface area contributed by atoms with Gasteiger partial charge in [-0.15, -0.1) is 11.3 Å². The highest BCUT2D eigenvalue weighted by Crippen LogP contribution is 2.51. The molecule has 196 valence electrons. The number of thioether (sulfide) groups is 1. The maximum absolute atomic E-state index is 13.0. The molecule has 2 fully saturated rings. The number of thiazole rings is 1. The van der Waals surface area contributed by atoms with Gasteiger partial charge in [-0.1, -0.05) is 25.1 Å². The van der Waals surface area contributed by atoms with E-state index < -0.39 is 30.9 Å². The van der Waals surface area contributed by atoms with Crippen molar-refractivity contribution in [3.05, 3.63) is 32.1 Å². The van der Waals surface area contributed by atoms with Crippen molar-refractivity contribution in [3.8, 4) is 0 Å². The van der Waals surface area contributed by atoms with Crippen LogP contribution in [0.1, 0.15) is 56.5 Å². The van der Waals surface area contributed by atoms with E-state index in [1.807, 2.05) is 6.92 Å². The topological polar surface area (TPSA) is 135 Å². The van der Waals surface area contributed by atoms with Gasteiger partial charge in [0.15, 0.2) is 0 Å². The number of ether oxygens (including phenoxy) is 3. The van der Waals surface area contributed by atoms with Crippen molar-refractivity contribution < 1.29 is 38.8 Å². The second-order valence-electron chi connectivity index (χ2n) is 9.03. The summed E-state index contributed by atoms with van der Waals surface area (Å²) in [6.07, 6.45) is 4.54. The molecule has 0 unspecified atom stereocenters. The van der Waals surface area contributed by atoms with Crippen molar-refractivity contribution in [2.24, 2.45) is 11.8 Å². The molecule has 3 aliphatic rings. The van der Waals surface area contributed by atoms with Crippen molar-refractivity contribution in [1.82, 2.24) is 9.88 Å². The highest BCUT2D eigenvalue weighted by Gasteiger charge is 2.60. The van der Waals surface area contributed by atoms with Crippen LogP contribution >= 0.6 is 23.1 Å². The Labute approximate surface area is 217 Å². The Balaban J connectivity index is 1.43. The minimum Gasteiger partial charge on any atom is -0.431 e. The summed E-state index contributed by atoms with van der Waals surface area (Å²) < 4.78 is 15.4. The lowest BCUT2D eigenvalue weighted by Gasteiger charge is -2.46. The van der Waals surface area contributed by atoms with Crippen LogP contribution < -0.4 is 0 Å². The van der Waals surface area contributed by atoms with Crippen LogP contribution in [0.2, 0.25) is 0 Å². The summed E-state index contributed by atoms with van der Waals surface area (Å²) in [6, 6.07) is -0.371. The van der Waals surface area contributed by atoms with Crippen molar-refractivity contribution in [2.75, 3.05) is 6.79 Å². The molecular weight excluding hydrogens is 508 g/mol. The molecule has 36 heavy (non-hydrogen) atoms. The summed E-state index contributed by atoms with van der Waals surface area (Å²) in [5.41, 5.74) is 2.27. The third-order valence-corrected chi connectivity index (χ3v) is 8.65. The molecule has 1 aliphatic carbocycles. The first-order valence-corrected chi connectivity index (χ1v) is 13.7. The molecular formula is C24H30N2O8S2. The number of carbonyl (C=O) groups excluding carboxylic acids is 3. The molecule has 1 amide bonds. The van der Waals surface area contributed by atoms with Gasteiger partial charge in [-0.2, -0.15) is 0 Å². The van der Waals surface area contributed by atoms with E-state index in [9.17, 15) is 24.6 Å². The first-order valence-electron chi connectivity index (χ1n) is 12.0. The fraction of sp³-hybridized carbons (Fsp3) is 0.583. The van der Waals surface area contributed by atoms with Crippen molar-refractivity contribution >= 4 is 47.2 Å². The predicted molar refractivity (Wildman–Crippen MR) is 132 cm³/mol. The van der Waals surface area contributed by atoms with Gasteiger partial charge in [0.2, 0.25) is 12.7 Å². The first kappa shape index (κ1) is 26.6. The van der Waals surface area contributed by atoms with Gasteiger partial charge < -0.3 is 29.3 Å². The van der Waals surface area contributed by atoms with Crippen molar-refractivity contribution in [1.29, 1.82) is 0 Å². The molecule has 2 N–H and O–H groups in total. The highest BCUT2D eigenvalue weighted by molar-refractivity contribution is 8.06. The molecule has 12 heteroatoms. The van der Waals surface area contributed by atoms with Gasteiger partial charge in [-0.25, -0.2) is 14.6 Å². The Morgan fingerprint density at radius 3 is 2.75 bits per heavy atom. The van der Waals surface area contributed by atoms with Crippen LogP contribution in [0.25, 0.3) is 6.08 Å². The number of β-lactam (4-membered cyclic amide) rings is 1. The zero-order valence-corrected chi connectivity index (χ0v) is 21.8. The number of rotatable bonds is 9. The van der Waals surface area contributed by atoms with Crippen LogP contribution in [0.5, 0.6) is 0 Å². The van der Waals surface area contributed by atoms with Gasteiger partial charge in [0.1, 0.15) is 11.8 Å². The number of nitrogens with zero attached hydrogens (tertiary/aromatic N) is 2. The van der Waals surface area contributed by atoms with Crippen molar-refractivity contribution in [3.63, 3.8) is 0 Å². The lowest BCUT2D eigenvalue weighted by atomic mass is 9.79. The highest BCUT2D eigenvalue weighted by atomic mass is 32.2. The van der Waals surface area contributed by atoms with E-state index in [1.165, 1.54) is 28.0 Å². The lowest BCUT2D eigenvalue weighted by molar-refractivity contribution is -0.167.